The lowest BCUT2D eigenvalue weighted by molar-refractivity contribution is -0.148. The molecule has 1 heterocycles. The van der Waals surface area contributed by atoms with Gasteiger partial charge in [-0.15, -0.1) is 0 Å². The fraction of sp³-hybridized carbons (Fsp3) is 0.571. The Morgan fingerprint density at radius 3 is 2.50 bits per heavy atom. The average molecular weight is 551 g/mol. The van der Waals surface area contributed by atoms with Crippen LogP contribution in [0.4, 0.5) is 0 Å². The van der Waals surface area contributed by atoms with Gasteiger partial charge >= 0.3 is 16.1 Å². The van der Waals surface area contributed by atoms with Gasteiger partial charge in [-0.1, -0.05) is 36.4 Å². The number of halogens is 1. The summed E-state index contributed by atoms with van der Waals surface area (Å²) < 4.78 is 41.5. The number of hydrogen-bond acceptors (Lipinski definition) is 7. The standard InChI is InChI=1S/C21H30INO6S/c1-4-16-17-13-15(9-10-19(17)30(25,26)29-18(16)5-2)27-11-7-6-8-12-28-20(24)21(3,23)14-22/h9-10,13H,4-8,11-12,14,23H2,1-3H3. The molecule has 2 N–H and O–H groups in total. The van der Waals surface area contributed by atoms with E-state index in [0.29, 0.717) is 47.6 Å². The number of rotatable bonds is 11. The molecule has 9 heteroatoms. The molecule has 0 aliphatic carbocycles. The zero-order valence-electron chi connectivity index (χ0n) is 17.7. The number of alkyl halides is 1. The summed E-state index contributed by atoms with van der Waals surface area (Å²) in [4.78, 5) is 12.0. The highest BCUT2D eigenvalue weighted by atomic mass is 127. The van der Waals surface area contributed by atoms with E-state index in [-0.39, 0.29) is 10.9 Å². The lowest BCUT2D eigenvalue weighted by Crippen LogP contribution is -2.47. The van der Waals surface area contributed by atoms with Crippen LogP contribution in [0.5, 0.6) is 5.75 Å². The molecule has 7 nitrogen and oxygen atoms in total. The monoisotopic (exact) mass is 551 g/mol. The molecule has 0 radical (unpaired) electrons. The molecule has 30 heavy (non-hydrogen) atoms. The zero-order valence-corrected chi connectivity index (χ0v) is 20.7. The van der Waals surface area contributed by atoms with Crippen molar-refractivity contribution in [3.8, 4) is 5.75 Å². The second kappa shape index (κ2) is 10.8. The molecule has 1 atom stereocenters. The van der Waals surface area contributed by atoms with Gasteiger partial charge in [0.25, 0.3) is 0 Å². The van der Waals surface area contributed by atoms with Crippen LogP contribution in [0.25, 0.3) is 5.57 Å². The predicted molar refractivity (Wildman–Crippen MR) is 124 cm³/mol. The minimum Gasteiger partial charge on any atom is -0.494 e. The molecule has 0 amide bonds. The van der Waals surface area contributed by atoms with E-state index < -0.39 is 15.7 Å². The Labute approximate surface area is 192 Å². The van der Waals surface area contributed by atoms with Crippen LogP contribution in [0.3, 0.4) is 0 Å². The fourth-order valence-electron chi connectivity index (χ4n) is 3.05. The number of hydrogen-bond donors (Lipinski definition) is 1. The van der Waals surface area contributed by atoms with Crippen molar-refractivity contribution in [3.05, 3.63) is 29.5 Å². The van der Waals surface area contributed by atoms with Crippen molar-refractivity contribution in [2.24, 2.45) is 5.73 Å². The van der Waals surface area contributed by atoms with E-state index in [0.717, 1.165) is 24.8 Å². The van der Waals surface area contributed by atoms with Crippen LogP contribution in [0.1, 0.15) is 58.4 Å². The Morgan fingerprint density at radius 1 is 1.17 bits per heavy atom. The molecule has 0 spiro atoms. The van der Waals surface area contributed by atoms with Crippen LogP contribution < -0.4 is 10.5 Å². The normalized spacial score (nSPS) is 17.0. The van der Waals surface area contributed by atoms with Crippen molar-refractivity contribution in [1.29, 1.82) is 0 Å². The largest absolute Gasteiger partial charge is 0.494 e. The smallest absolute Gasteiger partial charge is 0.339 e. The van der Waals surface area contributed by atoms with Gasteiger partial charge in [0.2, 0.25) is 0 Å². The minimum atomic E-state index is -3.78. The predicted octanol–water partition coefficient (Wildman–Crippen LogP) is 4.18. The Bertz CT molecular complexity index is 895. The molecule has 1 unspecified atom stereocenters. The SMILES string of the molecule is CCC1=C(CC)c2cc(OCCCCCOC(=O)C(C)(N)CI)ccc2S(=O)(=O)O1. The average Bonchev–Trinajstić information content (AvgIpc) is 2.72. The molecular weight excluding hydrogens is 521 g/mol. The third kappa shape index (κ3) is 6.10. The molecule has 2 rings (SSSR count). The van der Waals surface area contributed by atoms with Gasteiger partial charge in [0.15, 0.2) is 0 Å². The van der Waals surface area contributed by atoms with Gasteiger partial charge in [-0.05, 0) is 50.8 Å². The van der Waals surface area contributed by atoms with Crippen molar-refractivity contribution in [3.63, 3.8) is 0 Å². The number of nitrogens with two attached hydrogens (primary N) is 1. The van der Waals surface area contributed by atoms with Gasteiger partial charge in [0.1, 0.15) is 21.9 Å². The number of unbranched alkanes of at least 4 members (excludes halogenated alkanes) is 2. The number of esters is 1. The number of ether oxygens (including phenoxy) is 2. The first-order valence-corrected chi connectivity index (χ1v) is 13.1. The van der Waals surface area contributed by atoms with Gasteiger partial charge < -0.3 is 19.4 Å². The molecule has 1 aliphatic rings. The lowest BCUT2D eigenvalue weighted by atomic mass is 10.0. The summed E-state index contributed by atoms with van der Waals surface area (Å²) in [6, 6.07) is 4.97. The summed E-state index contributed by atoms with van der Waals surface area (Å²) >= 11 is 2.07. The van der Waals surface area contributed by atoms with E-state index in [1.165, 1.54) is 0 Å². The number of fused-ring (bicyclic) bond motifs is 1. The molecule has 1 aromatic carbocycles. The molecule has 0 fully saturated rings. The van der Waals surface area contributed by atoms with Gasteiger partial charge in [-0.25, -0.2) is 0 Å². The molecule has 1 aliphatic heterocycles. The molecule has 0 aromatic heterocycles. The fourth-order valence-corrected chi connectivity index (χ4v) is 4.62. The van der Waals surface area contributed by atoms with Gasteiger partial charge in [0, 0.05) is 22.0 Å². The topological polar surface area (TPSA) is 105 Å². The molecule has 168 valence electrons. The molecule has 0 bridgehead atoms. The van der Waals surface area contributed by atoms with E-state index in [4.69, 9.17) is 19.4 Å². The van der Waals surface area contributed by atoms with Crippen LogP contribution in [0.15, 0.2) is 28.9 Å². The summed E-state index contributed by atoms with van der Waals surface area (Å²) in [6.07, 6.45) is 3.55. The van der Waals surface area contributed by atoms with Crippen molar-refractivity contribution >= 4 is 44.3 Å². The second-order valence-corrected chi connectivity index (χ2v) is 9.68. The van der Waals surface area contributed by atoms with Crippen LogP contribution in [0.2, 0.25) is 0 Å². The highest BCUT2D eigenvalue weighted by Crippen LogP contribution is 2.39. The van der Waals surface area contributed by atoms with E-state index in [1.807, 2.05) is 13.8 Å². The van der Waals surface area contributed by atoms with E-state index >= 15 is 0 Å². The van der Waals surface area contributed by atoms with E-state index in [2.05, 4.69) is 22.6 Å². The highest BCUT2D eigenvalue weighted by molar-refractivity contribution is 14.1. The van der Waals surface area contributed by atoms with Crippen LogP contribution >= 0.6 is 22.6 Å². The van der Waals surface area contributed by atoms with E-state index in [9.17, 15) is 13.2 Å². The first-order chi connectivity index (χ1) is 14.2. The van der Waals surface area contributed by atoms with Crippen LogP contribution in [0, 0.1) is 0 Å². The van der Waals surface area contributed by atoms with Crippen LogP contribution in [-0.4, -0.2) is 37.6 Å². The highest BCUT2D eigenvalue weighted by Gasteiger charge is 2.30. The first kappa shape index (κ1) is 24.9. The molecular formula is C21H30INO6S. The van der Waals surface area contributed by atoms with Crippen molar-refractivity contribution < 1.29 is 26.9 Å². The zero-order chi connectivity index (χ0) is 22.4. The minimum absolute atomic E-state index is 0.184. The summed E-state index contributed by atoms with van der Waals surface area (Å²) in [6.45, 7) is 6.34. The first-order valence-electron chi connectivity index (χ1n) is 10.1. The van der Waals surface area contributed by atoms with Crippen molar-refractivity contribution in [1.82, 2.24) is 0 Å². The summed E-state index contributed by atoms with van der Waals surface area (Å²) in [5.41, 5.74) is 6.45. The molecule has 0 saturated heterocycles. The number of carbonyl (C=O) groups is 1. The lowest BCUT2D eigenvalue weighted by Gasteiger charge is -2.23. The van der Waals surface area contributed by atoms with Gasteiger partial charge in [0.05, 0.1) is 13.2 Å². The molecule has 1 aromatic rings. The third-order valence-corrected chi connectivity index (χ3v) is 7.70. The maximum Gasteiger partial charge on any atom is 0.339 e. The van der Waals surface area contributed by atoms with Crippen molar-refractivity contribution in [2.45, 2.75) is 63.3 Å². The summed E-state index contributed by atoms with van der Waals surface area (Å²) in [5, 5.41) is 0. The Hall–Kier alpha value is -1.33. The van der Waals surface area contributed by atoms with Gasteiger partial charge in [-0.3, -0.25) is 4.79 Å². The Kier molecular flexibility index (Phi) is 8.98. The van der Waals surface area contributed by atoms with E-state index in [1.54, 1.807) is 25.1 Å². The third-order valence-electron chi connectivity index (χ3n) is 4.80. The van der Waals surface area contributed by atoms with Crippen molar-refractivity contribution in [2.75, 3.05) is 17.6 Å². The number of benzene rings is 1. The maximum absolute atomic E-state index is 12.4. The summed E-state index contributed by atoms with van der Waals surface area (Å²) in [7, 11) is -3.78. The Morgan fingerprint density at radius 2 is 1.87 bits per heavy atom. The quantitative estimate of drug-likeness (QED) is 0.145. The molecule has 0 saturated carbocycles. The Balaban J connectivity index is 1.87. The van der Waals surface area contributed by atoms with Gasteiger partial charge in [-0.2, -0.15) is 8.42 Å². The van der Waals surface area contributed by atoms with Crippen LogP contribution in [-0.2, 0) is 23.8 Å². The second-order valence-electron chi connectivity index (χ2n) is 7.40. The number of carbonyl (C=O) groups excluding carboxylic acids is 1. The number of allylic oxidation sites excluding steroid dienone is 2. The maximum atomic E-state index is 12.4. The summed E-state index contributed by atoms with van der Waals surface area (Å²) in [5.74, 6) is 0.736.